The predicted molar refractivity (Wildman–Crippen MR) is 60.0 cm³/mol. The number of alkyl halides is 1. The van der Waals surface area contributed by atoms with Gasteiger partial charge in [0.1, 0.15) is 5.75 Å². The second-order valence-electron chi connectivity index (χ2n) is 3.40. The Bertz CT molecular complexity index is 439. The number of benzene rings is 2. The molecule has 0 N–H and O–H groups in total. The highest BCUT2D eigenvalue weighted by Crippen LogP contribution is 2.20. The molecular formula is C13H13FO. The number of fused-ring (bicyclic) bond motifs is 1. The molecule has 15 heavy (non-hydrogen) atoms. The van der Waals surface area contributed by atoms with Crippen LogP contribution in [0, 0.1) is 0 Å². The summed E-state index contributed by atoms with van der Waals surface area (Å²) >= 11 is 0. The van der Waals surface area contributed by atoms with Crippen molar-refractivity contribution in [2.45, 2.75) is 6.42 Å². The van der Waals surface area contributed by atoms with Crippen molar-refractivity contribution in [3.8, 4) is 5.75 Å². The van der Waals surface area contributed by atoms with E-state index in [-0.39, 0.29) is 6.67 Å². The maximum Gasteiger partial charge on any atom is 0.119 e. The Kier molecular flexibility index (Phi) is 3.18. The van der Waals surface area contributed by atoms with Crippen molar-refractivity contribution in [1.29, 1.82) is 0 Å². The van der Waals surface area contributed by atoms with Gasteiger partial charge in [-0.15, -0.1) is 0 Å². The lowest BCUT2D eigenvalue weighted by Gasteiger charge is -2.05. The molecule has 0 fully saturated rings. The van der Waals surface area contributed by atoms with Crippen molar-refractivity contribution in [3.05, 3.63) is 42.5 Å². The molecule has 2 aromatic rings. The molecule has 0 aromatic heterocycles. The van der Waals surface area contributed by atoms with Gasteiger partial charge in [-0.1, -0.05) is 30.3 Å². The molecule has 0 aliphatic rings. The molecule has 0 unspecified atom stereocenters. The Hall–Kier alpha value is -1.57. The molecule has 0 heterocycles. The zero-order valence-electron chi connectivity index (χ0n) is 8.45. The quantitative estimate of drug-likeness (QED) is 0.690. The lowest BCUT2D eigenvalue weighted by Crippen LogP contribution is -1.97. The van der Waals surface area contributed by atoms with E-state index in [0.717, 1.165) is 11.1 Å². The minimum absolute atomic E-state index is 0.326. The summed E-state index contributed by atoms with van der Waals surface area (Å²) in [6.45, 7) is 0.114. The highest BCUT2D eigenvalue weighted by Gasteiger charge is 1.96. The zero-order valence-corrected chi connectivity index (χ0v) is 8.45. The van der Waals surface area contributed by atoms with E-state index in [9.17, 15) is 4.39 Å². The summed E-state index contributed by atoms with van der Waals surface area (Å²) in [5.74, 6) is 0.808. The Morgan fingerprint density at radius 1 is 1.00 bits per heavy atom. The SMILES string of the molecule is [18F]CCCOc1ccc2ccccc2c1. The second kappa shape index (κ2) is 4.78. The van der Waals surface area contributed by atoms with Crippen LogP contribution in [0.15, 0.2) is 42.5 Å². The Balaban J connectivity index is 2.16. The summed E-state index contributed by atoms with van der Waals surface area (Å²) in [7, 11) is 0. The summed E-state index contributed by atoms with van der Waals surface area (Å²) in [5.41, 5.74) is 0. The van der Waals surface area contributed by atoms with Gasteiger partial charge >= 0.3 is 0 Å². The first-order chi connectivity index (χ1) is 7.40. The fraction of sp³-hybridized carbons (Fsp3) is 0.231. The van der Waals surface area contributed by atoms with Crippen LogP contribution in [0.4, 0.5) is 4.39 Å². The van der Waals surface area contributed by atoms with E-state index in [2.05, 4.69) is 6.07 Å². The van der Waals surface area contributed by atoms with Crippen molar-refractivity contribution in [2.24, 2.45) is 0 Å². The van der Waals surface area contributed by atoms with Crippen LogP contribution in [0.1, 0.15) is 6.42 Å². The molecule has 0 amide bonds. The van der Waals surface area contributed by atoms with Crippen LogP contribution in [0.2, 0.25) is 0 Å². The van der Waals surface area contributed by atoms with Gasteiger partial charge in [-0.25, -0.2) is 0 Å². The highest BCUT2D eigenvalue weighted by atomic mass is 18.2. The van der Waals surface area contributed by atoms with Gasteiger partial charge in [0.05, 0.1) is 13.3 Å². The van der Waals surface area contributed by atoms with E-state index in [4.69, 9.17) is 4.74 Å². The van der Waals surface area contributed by atoms with E-state index < -0.39 is 0 Å². The van der Waals surface area contributed by atoms with Gasteiger partial charge in [-0.05, 0) is 22.9 Å². The van der Waals surface area contributed by atoms with E-state index in [1.807, 2.05) is 36.4 Å². The van der Waals surface area contributed by atoms with Gasteiger partial charge in [0.15, 0.2) is 0 Å². The first-order valence-corrected chi connectivity index (χ1v) is 5.08. The molecule has 0 spiro atoms. The first kappa shape index (κ1) is 9.97. The number of hydrogen-bond donors (Lipinski definition) is 0. The fourth-order valence-corrected chi connectivity index (χ4v) is 1.50. The van der Waals surface area contributed by atoms with Crippen LogP contribution < -0.4 is 4.74 Å². The summed E-state index contributed by atoms with van der Waals surface area (Å²) < 4.78 is 17.3. The summed E-state index contributed by atoms with van der Waals surface area (Å²) in [5, 5.41) is 2.34. The molecule has 0 radical (unpaired) electrons. The number of rotatable bonds is 4. The molecule has 2 heteroatoms. The van der Waals surface area contributed by atoms with Crippen molar-refractivity contribution >= 4 is 10.8 Å². The van der Waals surface area contributed by atoms with Gasteiger partial charge in [0.25, 0.3) is 0 Å². The van der Waals surface area contributed by atoms with Crippen LogP contribution in [-0.2, 0) is 0 Å². The lowest BCUT2D eigenvalue weighted by atomic mass is 10.1. The summed E-state index contributed by atoms with van der Waals surface area (Å²) in [6.07, 6.45) is 0.451. The average Bonchev–Trinajstić information content (AvgIpc) is 2.29. The third-order valence-electron chi connectivity index (χ3n) is 2.27. The van der Waals surface area contributed by atoms with Gasteiger partial charge in [0.2, 0.25) is 0 Å². The molecular weight excluding hydrogens is 190 g/mol. The number of halogens is 1. The third kappa shape index (κ3) is 2.46. The molecule has 0 aliphatic heterocycles. The standard InChI is InChI=1S/C13H13FO/c14-8-3-9-15-13-7-6-11-4-1-2-5-12(11)10-13/h1-2,4-7,10H,3,8-9H2/i14-1. The molecule has 0 bridgehead atoms. The van der Waals surface area contributed by atoms with Crippen LogP contribution in [-0.4, -0.2) is 13.3 Å². The molecule has 2 rings (SSSR count). The topological polar surface area (TPSA) is 9.23 Å². The van der Waals surface area contributed by atoms with E-state index in [0.29, 0.717) is 13.0 Å². The van der Waals surface area contributed by atoms with Crippen LogP contribution in [0.5, 0.6) is 5.75 Å². The van der Waals surface area contributed by atoms with Crippen molar-refractivity contribution < 1.29 is 9.13 Å². The molecule has 0 saturated carbocycles. The maximum atomic E-state index is 11.9. The van der Waals surface area contributed by atoms with Crippen LogP contribution in [0.25, 0.3) is 10.8 Å². The second-order valence-corrected chi connectivity index (χ2v) is 3.40. The first-order valence-electron chi connectivity index (χ1n) is 5.08. The lowest BCUT2D eigenvalue weighted by molar-refractivity contribution is 0.290. The minimum atomic E-state index is -0.326. The molecule has 78 valence electrons. The Morgan fingerprint density at radius 3 is 2.60 bits per heavy atom. The monoisotopic (exact) mass is 203 g/mol. The van der Waals surface area contributed by atoms with E-state index >= 15 is 0 Å². The van der Waals surface area contributed by atoms with Crippen LogP contribution in [0.3, 0.4) is 0 Å². The maximum absolute atomic E-state index is 11.9. The zero-order chi connectivity index (χ0) is 10.5. The highest BCUT2D eigenvalue weighted by molar-refractivity contribution is 5.83. The largest absolute Gasteiger partial charge is 0.493 e. The van der Waals surface area contributed by atoms with Gasteiger partial charge in [-0.3, -0.25) is 4.39 Å². The van der Waals surface area contributed by atoms with E-state index in [1.54, 1.807) is 0 Å². The number of ether oxygens (including phenoxy) is 1. The molecule has 0 atom stereocenters. The normalized spacial score (nSPS) is 10.5. The summed E-state index contributed by atoms with van der Waals surface area (Å²) in [6, 6.07) is 14.0. The van der Waals surface area contributed by atoms with Crippen molar-refractivity contribution in [2.75, 3.05) is 13.3 Å². The van der Waals surface area contributed by atoms with Crippen molar-refractivity contribution in [1.82, 2.24) is 0 Å². The molecule has 2 aromatic carbocycles. The molecule has 0 saturated heterocycles. The minimum Gasteiger partial charge on any atom is -0.493 e. The Labute approximate surface area is 88.5 Å². The van der Waals surface area contributed by atoms with Crippen LogP contribution >= 0.6 is 0 Å². The fourth-order valence-electron chi connectivity index (χ4n) is 1.50. The number of hydrogen-bond acceptors (Lipinski definition) is 1. The smallest absolute Gasteiger partial charge is 0.119 e. The van der Waals surface area contributed by atoms with E-state index in [1.165, 1.54) is 5.39 Å². The Morgan fingerprint density at radius 2 is 1.80 bits per heavy atom. The molecule has 1 nitrogen and oxygen atoms in total. The van der Waals surface area contributed by atoms with Gasteiger partial charge < -0.3 is 4.74 Å². The molecule has 0 aliphatic carbocycles. The average molecular weight is 203 g/mol. The van der Waals surface area contributed by atoms with Gasteiger partial charge in [0, 0.05) is 6.42 Å². The predicted octanol–water partition coefficient (Wildman–Crippen LogP) is 3.58. The van der Waals surface area contributed by atoms with Crippen molar-refractivity contribution in [3.63, 3.8) is 0 Å². The van der Waals surface area contributed by atoms with Gasteiger partial charge in [-0.2, -0.15) is 0 Å². The summed E-state index contributed by atoms with van der Waals surface area (Å²) in [4.78, 5) is 0. The third-order valence-corrected chi connectivity index (χ3v) is 2.27.